The van der Waals surface area contributed by atoms with Crippen LogP contribution >= 0.6 is 11.8 Å². The molecule has 0 bridgehead atoms. The van der Waals surface area contributed by atoms with Crippen LogP contribution in [0.25, 0.3) is 11.3 Å². The second-order valence-electron chi connectivity index (χ2n) is 10.1. The quantitative estimate of drug-likeness (QED) is 0.293. The number of ether oxygens (including phenoxy) is 2. The average Bonchev–Trinajstić information content (AvgIpc) is 3.74. The van der Waals surface area contributed by atoms with Crippen LogP contribution in [-0.4, -0.2) is 34.7 Å². The van der Waals surface area contributed by atoms with Crippen LogP contribution in [0.15, 0.2) is 76.2 Å². The van der Waals surface area contributed by atoms with Crippen molar-refractivity contribution < 1.29 is 18.8 Å². The van der Waals surface area contributed by atoms with Crippen LogP contribution in [0, 0.1) is 6.92 Å². The largest absolute Gasteiger partial charge is 0.454 e. The van der Waals surface area contributed by atoms with Crippen LogP contribution in [0.1, 0.15) is 45.8 Å². The molecule has 7 rings (SSSR count). The van der Waals surface area contributed by atoms with Gasteiger partial charge >= 0.3 is 0 Å². The minimum absolute atomic E-state index is 0.0760. The van der Waals surface area contributed by atoms with Gasteiger partial charge in [-0.15, -0.1) is 11.8 Å². The van der Waals surface area contributed by atoms with Gasteiger partial charge < -0.3 is 18.9 Å². The van der Waals surface area contributed by atoms with E-state index in [1.807, 2.05) is 59.1 Å². The Bertz CT molecular complexity index is 1610. The molecule has 2 atom stereocenters. The Hall–Kier alpha value is -4.04. The molecule has 0 spiro atoms. The summed E-state index contributed by atoms with van der Waals surface area (Å²) in [4.78, 5) is 20.7. The molecule has 3 aliphatic rings. The minimum atomic E-state index is -0.0760. The first-order valence-corrected chi connectivity index (χ1v) is 14.0. The molecule has 0 saturated carbocycles. The van der Waals surface area contributed by atoms with Crippen molar-refractivity contribution in [3.63, 3.8) is 0 Å². The SMILES string of the molecule is Cc1onc(-c2ccccc2)c1C(=O)N1CCc2cc(C3N=C(Cc4ccc5c(c4)OCO5)SC3C)ccc21. The highest BCUT2D eigenvalue weighted by Crippen LogP contribution is 2.42. The fourth-order valence-electron chi connectivity index (χ4n) is 5.60. The summed E-state index contributed by atoms with van der Waals surface area (Å²) in [6.45, 7) is 4.94. The summed E-state index contributed by atoms with van der Waals surface area (Å²) >= 11 is 1.83. The zero-order valence-electron chi connectivity index (χ0n) is 21.7. The smallest absolute Gasteiger partial charge is 0.264 e. The molecule has 0 N–H and O–H groups in total. The van der Waals surface area contributed by atoms with Crippen molar-refractivity contribution in [2.24, 2.45) is 4.99 Å². The molecule has 0 radical (unpaired) electrons. The molecule has 39 heavy (non-hydrogen) atoms. The number of fused-ring (bicyclic) bond motifs is 2. The molecule has 0 fully saturated rings. The minimum Gasteiger partial charge on any atom is -0.454 e. The topological polar surface area (TPSA) is 77.2 Å². The number of benzene rings is 3. The number of aryl methyl sites for hydroxylation is 1. The number of amides is 1. The Labute approximate surface area is 230 Å². The molecule has 0 aliphatic carbocycles. The van der Waals surface area contributed by atoms with E-state index in [4.69, 9.17) is 19.0 Å². The van der Waals surface area contributed by atoms with Gasteiger partial charge in [-0.3, -0.25) is 9.79 Å². The highest BCUT2D eigenvalue weighted by atomic mass is 32.2. The van der Waals surface area contributed by atoms with Gasteiger partial charge in [-0.05, 0) is 48.2 Å². The molecule has 3 aromatic carbocycles. The Morgan fingerprint density at radius 1 is 1.05 bits per heavy atom. The fraction of sp³-hybridized carbons (Fsp3) is 0.258. The van der Waals surface area contributed by atoms with E-state index in [1.165, 1.54) is 16.7 Å². The zero-order chi connectivity index (χ0) is 26.5. The number of hydrogen-bond donors (Lipinski definition) is 0. The monoisotopic (exact) mass is 537 g/mol. The Morgan fingerprint density at radius 2 is 1.90 bits per heavy atom. The first-order valence-electron chi connectivity index (χ1n) is 13.1. The summed E-state index contributed by atoms with van der Waals surface area (Å²) < 4.78 is 16.4. The zero-order valence-corrected chi connectivity index (χ0v) is 22.5. The van der Waals surface area contributed by atoms with Crippen LogP contribution in [0.5, 0.6) is 11.5 Å². The predicted octanol–water partition coefficient (Wildman–Crippen LogP) is 6.40. The summed E-state index contributed by atoms with van der Waals surface area (Å²) in [5, 5.41) is 5.67. The van der Waals surface area contributed by atoms with Crippen molar-refractivity contribution in [1.29, 1.82) is 0 Å². The molecule has 4 aromatic rings. The number of carbonyl (C=O) groups is 1. The van der Waals surface area contributed by atoms with Crippen LogP contribution in [0.4, 0.5) is 5.69 Å². The van der Waals surface area contributed by atoms with Gasteiger partial charge in [0.2, 0.25) is 6.79 Å². The highest BCUT2D eigenvalue weighted by Gasteiger charge is 2.33. The highest BCUT2D eigenvalue weighted by molar-refractivity contribution is 8.14. The average molecular weight is 538 g/mol. The number of aliphatic imine (C=N–C) groups is 1. The van der Waals surface area contributed by atoms with E-state index < -0.39 is 0 Å². The molecule has 1 amide bonds. The van der Waals surface area contributed by atoms with Crippen LogP contribution < -0.4 is 14.4 Å². The summed E-state index contributed by atoms with van der Waals surface area (Å²) in [5.41, 5.74) is 6.46. The van der Waals surface area contributed by atoms with Gasteiger partial charge in [-0.2, -0.15) is 0 Å². The fourth-order valence-corrected chi connectivity index (χ4v) is 6.80. The van der Waals surface area contributed by atoms with E-state index in [0.717, 1.165) is 40.6 Å². The second kappa shape index (κ2) is 9.61. The number of thioether (sulfide) groups is 1. The number of anilines is 1. The number of hydrogen-bond acceptors (Lipinski definition) is 7. The third kappa shape index (κ3) is 4.29. The molecular formula is C31H27N3O4S. The molecule has 8 heteroatoms. The Balaban J connectivity index is 1.12. The van der Waals surface area contributed by atoms with Crippen LogP contribution in [0.3, 0.4) is 0 Å². The van der Waals surface area contributed by atoms with E-state index in [0.29, 0.717) is 28.8 Å². The normalized spacial score (nSPS) is 19.3. The van der Waals surface area contributed by atoms with Crippen LogP contribution in [-0.2, 0) is 12.8 Å². The standard InChI is InChI=1S/C31H27N3O4S/c1-18-28(30(33-38-18)21-6-4-3-5-7-21)31(35)34-13-12-22-16-23(9-10-24(22)34)29-19(2)39-27(32-29)15-20-8-11-25-26(14-20)37-17-36-25/h3-11,14,16,19,29H,12-13,15,17H2,1-2H3. The Morgan fingerprint density at radius 3 is 2.77 bits per heavy atom. The van der Waals surface area contributed by atoms with Crippen LogP contribution in [0.2, 0.25) is 0 Å². The molecule has 0 saturated heterocycles. The lowest BCUT2D eigenvalue weighted by molar-refractivity contribution is 0.0988. The van der Waals surface area contributed by atoms with E-state index in [-0.39, 0.29) is 18.7 Å². The Kier molecular flexibility index (Phi) is 5.92. The van der Waals surface area contributed by atoms with E-state index >= 15 is 0 Å². The van der Waals surface area contributed by atoms with Crippen molar-refractivity contribution in [3.8, 4) is 22.8 Å². The van der Waals surface area contributed by atoms with Crippen molar-refractivity contribution in [2.45, 2.75) is 38.0 Å². The maximum atomic E-state index is 13.8. The first kappa shape index (κ1) is 24.0. The molecule has 2 unspecified atom stereocenters. The van der Waals surface area contributed by atoms with E-state index in [9.17, 15) is 4.79 Å². The van der Waals surface area contributed by atoms with Gasteiger partial charge in [0.1, 0.15) is 17.0 Å². The maximum Gasteiger partial charge on any atom is 0.264 e. The lowest BCUT2D eigenvalue weighted by Gasteiger charge is -2.19. The lowest BCUT2D eigenvalue weighted by atomic mass is 10.0. The maximum absolute atomic E-state index is 13.8. The molecule has 4 heterocycles. The first-order chi connectivity index (χ1) is 19.0. The molecular weight excluding hydrogens is 510 g/mol. The van der Waals surface area contributed by atoms with Crippen molar-refractivity contribution >= 4 is 28.4 Å². The van der Waals surface area contributed by atoms with E-state index in [1.54, 1.807) is 6.92 Å². The second-order valence-corrected chi connectivity index (χ2v) is 11.5. The number of rotatable bonds is 5. The van der Waals surface area contributed by atoms with Crippen molar-refractivity contribution in [2.75, 3.05) is 18.2 Å². The molecule has 196 valence electrons. The summed E-state index contributed by atoms with van der Waals surface area (Å²) in [5.74, 6) is 2.06. The molecule has 1 aromatic heterocycles. The number of aromatic nitrogens is 1. The molecule has 3 aliphatic heterocycles. The number of nitrogens with zero attached hydrogens (tertiary/aromatic N) is 3. The summed E-state index contributed by atoms with van der Waals surface area (Å²) in [6, 6.07) is 22.3. The van der Waals surface area contributed by atoms with Gasteiger partial charge in [-0.25, -0.2) is 0 Å². The lowest BCUT2D eigenvalue weighted by Crippen LogP contribution is -2.29. The predicted molar refractivity (Wildman–Crippen MR) is 152 cm³/mol. The van der Waals surface area contributed by atoms with Gasteiger partial charge in [0.25, 0.3) is 5.91 Å². The summed E-state index contributed by atoms with van der Waals surface area (Å²) in [6.07, 6.45) is 1.58. The van der Waals surface area contributed by atoms with E-state index in [2.05, 4.69) is 36.3 Å². The molecule has 7 nitrogen and oxygen atoms in total. The number of carbonyl (C=O) groups excluding carboxylic acids is 1. The third-order valence-corrected chi connectivity index (χ3v) is 8.70. The summed E-state index contributed by atoms with van der Waals surface area (Å²) in [7, 11) is 0. The van der Waals surface area contributed by atoms with Gasteiger partial charge in [0.05, 0.1) is 11.1 Å². The van der Waals surface area contributed by atoms with Gasteiger partial charge in [0, 0.05) is 29.5 Å². The van der Waals surface area contributed by atoms with Gasteiger partial charge in [0.15, 0.2) is 11.5 Å². The third-order valence-electron chi connectivity index (χ3n) is 7.55. The van der Waals surface area contributed by atoms with Crippen molar-refractivity contribution in [1.82, 2.24) is 5.16 Å². The van der Waals surface area contributed by atoms with Crippen molar-refractivity contribution in [3.05, 3.63) is 94.7 Å². The van der Waals surface area contributed by atoms with Gasteiger partial charge in [-0.1, -0.05) is 60.6 Å².